The molecule has 0 bridgehead atoms. The van der Waals surface area contributed by atoms with Gasteiger partial charge in [0.15, 0.2) is 5.11 Å². The van der Waals surface area contributed by atoms with Crippen molar-refractivity contribution in [1.29, 1.82) is 0 Å². The van der Waals surface area contributed by atoms with E-state index in [1.165, 1.54) is 6.08 Å². The summed E-state index contributed by atoms with van der Waals surface area (Å²) in [6.45, 7) is 0. The Morgan fingerprint density at radius 2 is 1.43 bits per heavy atom. The fourth-order valence-corrected chi connectivity index (χ4v) is 2.73. The van der Waals surface area contributed by atoms with Gasteiger partial charge in [-0.3, -0.25) is 10.1 Å². The van der Waals surface area contributed by atoms with Crippen molar-refractivity contribution in [3.63, 3.8) is 0 Å². The van der Waals surface area contributed by atoms with Gasteiger partial charge < -0.3 is 10.6 Å². The highest BCUT2D eigenvalue weighted by atomic mass is 35.5. The van der Waals surface area contributed by atoms with Crippen molar-refractivity contribution in [3.8, 4) is 0 Å². The summed E-state index contributed by atoms with van der Waals surface area (Å²) >= 11 is 11.0. The van der Waals surface area contributed by atoms with Crippen LogP contribution < -0.4 is 16.0 Å². The van der Waals surface area contributed by atoms with Crippen LogP contribution in [0.1, 0.15) is 5.56 Å². The summed E-state index contributed by atoms with van der Waals surface area (Å²) in [5.41, 5.74) is 3.63. The van der Waals surface area contributed by atoms with Gasteiger partial charge in [-0.25, -0.2) is 0 Å². The monoisotopic (exact) mass is 407 g/mol. The number of amides is 1. The minimum Gasteiger partial charge on any atom is -0.356 e. The van der Waals surface area contributed by atoms with Gasteiger partial charge in [0, 0.05) is 28.2 Å². The quantitative estimate of drug-likeness (QED) is 0.380. The number of benzene rings is 3. The van der Waals surface area contributed by atoms with Crippen LogP contribution in [-0.4, -0.2) is 11.0 Å². The molecule has 0 heterocycles. The molecule has 3 aromatic carbocycles. The van der Waals surface area contributed by atoms with E-state index >= 15 is 0 Å². The number of thiocarbonyl (C=S) groups is 1. The number of hydrogen-bond donors (Lipinski definition) is 3. The summed E-state index contributed by atoms with van der Waals surface area (Å²) in [4.78, 5) is 12.0. The zero-order valence-corrected chi connectivity index (χ0v) is 16.4. The molecule has 0 aromatic heterocycles. The minimum atomic E-state index is -0.310. The molecular weight excluding hydrogens is 390 g/mol. The van der Waals surface area contributed by atoms with E-state index in [2.05, 4.69) is 16.0 Å². The molecule has 0 unspecified atom stereocenters. The standard InChI is InChI=1S/C22H18ClN3OS/c23-17-9-6-16(7-10-17)8-15-21(27)26-22(28)25-20-13-11-19(12-14-20)24-18-4-2-1-3-5-18/h1-15,24H,(H2,25,26,27,28)/b15-8+. The Hall–Kier alpha value is -3.15. The molecule has 4 nitrogen and oxygen atoms in total. The number of halogens is 1. The first-order chi connectivity index (χ1) is 13.6. The van der Waals surface area contributed by atoms with Gasteiger partial charge in [0.2, 0.25) is 5.91 Å². The molecule has 0 fully saturated rings. The lowest BCUT2D eigenvalue weighted by molar-refractivity contribution is -0.115. The van der Waals surface area contributed by atoms with Crippen LogP contribution in [0, 0.1) is 0 Å². The molecule has 0 saturated carbocycles. The normalized spacial score (nSPS) is 10.5. The Labute approximate surface area is 174 Å². The SMILES string of the molecule is O=C(/C=C/c1ccc(Cl)cc1)NC(=S)Nc1ccc(Nc2ccccc2)cc1. The first-order valence-electron chi connectivity index (χ1n) is 8.56. The van der Waals surface area contributed by atoms with Crippen molar-refractivity contribution >= 4 is 58.0 Å². The Morgan fingerprint density at radius 3 is 2.11 bits per heavy atom. The Balaban J connectivity index is 1.50. The molecule has 3 aromatic rings. The van der Waals surface area contributed by atoms with E-state index in [-0.39, 0.29) is 11.0 Å². The molecule has 1 amide bonds. The van der Waals surface area contributed by atoms with E-state index in [9.17, 15) is 4.79 Å². The summed E-state index contributed by atoms with van der Waals surface area (Å²) in [5.74, 6) is -0.310. The zero-order chi connectivity index (χ0) is 19.8. The summed E-state index contributed by atoms with van der Waals surface area (Å²) in [6, 6.07) is 24.7. The lowest BCUT2D eigenvalue weighted by Gasteiger charge is -2.10. The van der Waals surface area contributed by atoms with E-state index in [1.807, 2.05) is 66.7 Å². The van der Waals surface area contributed by atoms with Crippen LogP contribution in [0.4, 0.5) is 17.1 Å². The third-order valence-corrected chi connectivity index (χ3v) is 4.20. The number of carbonyl (C=O) groups is 1. The number of carbonyl (C=O) groups excluding carboxylic acids is 1. The van der Waals surface area contributed by atoms with Gasteiger partial charge in [-0.05, 0) is 72.4 Å². The number of hydrogen-bond acceptors (Lipinski definition) is 3. The van der Waals surface area contributed by atoms with Crippen molar-refractivity contribution in [2.45, 2.75) is 0 Å². The van der Waals surface area contributed by atoms with E-state index in [4.69, 9.17) is 23.8 Å². The van der Waals surface area contributed by atoms with Crippen molar-refractivity contribution < 1.29 is 4.79 Å². The van der Waals surface area contributed by atoms with Crippen LogP contribution in [0.3, 0.4) is 0 Å². The van der Waals surface area contributed by atoms with Crippen molar-refractivity contribution in [3.05, 3.63) is 95.5 Å². The second kappa shape index (κ2) is 9.69. The average molecular weight is 408 g/mol. The summed E-state index contributed by atoms with van der Waals surface area (Å²) in [5, 5.41) is 9.79. The highest BCUT2D eigenvalue weighted by molar-refractivity contribution is 7.80. The predicted octanol–water partition coefficient (Wildman–Crippen LogP) is 5.61. The van der Waals surface area contributed by atoms with Crippen LogP contribution in [0.2, 0.25) is 5.02 Å². The topological polar surface area (TPSA) is 53.2 Å². The van der Waals surface area contributed by atoms with Gasteiger partial charge >= 0.3 is 0 Å². The molecule has 28 heavy (non-hydrogen) atoms. The first-order valence-corrected chi connectivity index (χ1v) is 9.35. The maximum Gasteiger partial charge on any atom is 0.250 e. The molecule has 3 N–H and O–H groups in total. The molecule has 140 valence electrons. The highest BCUT2D eigenvalue weighted by Gasteiger charge is 2.02. The number of nitrogens with one attached hydrogen (secondary N) is 3. The fraction of sp³-hybridized carbons (Fsp3) is 0. The van der Waals surface area contributed by atoms with Gasteiger partial charge in [-0.2, -0.15) is 0 Å². The third-order valence-electron chi connectivity index (χ3n) is 3.74. The highest BCUT2D eigenvalue weighted by Crippen LogP contribution is 2.18. The summed E-state index contributed by atoms with van der Waals surface area (Å²) in [6.07, 6.45) is 3.11. The zero-order valence-electron chi connectivity index (χ0n) is 14.9. The maximum absolute atomic E-state index is 12.0. The van der Waals surface area contributed by atoms with Crippen LogP contribution >= 0.6 is 23.8 Å². The van der Waals surface area contributed by atoms with Gasteiger partial charge in [-0.15, -0.1) is 0 Å². The number of para-hydroxylation sites is 1. The average Bonchev–Trinajstić information content (AvgIpc) is 2.70. The van der Waals surface area contributed by atoms with Crippen molar-refractivity contribution in [2.24, 2.45) is 0 Å². The van der Waals surface area contributed by atoms with Gasteiger partial charge in [-0.1, -0.05) is 41.9 Å². The van der Waals surface area contributed by atoms with Crippen molar-refractivity contribution in [2.75, 3.05) is 10.6 Å². The lowest BCUT2D eigenvalue weighted by atomic mass is 10.2. The first kappa shape index (κ1) is 19.6. The molecule has 0 spiro atoms. The Kier molecular flexibility index (Phi) is 6.78. The maximum atomic E-state index is 12.0. The third kappa shape index (κ3) is 6.23. The second-order valence-corrected chi connectivity index (χ2v) is 6.74. The smallest absolute Gasteiger partial charge is 0.250 e. The molecule has 0 aliphatic heterocycles. The van der Waals surface area contributed by atoms with Crippen LogP contribution in [0.5, 0.6) is 0 Å². The summed E-state index contributed by atoms with van der Waals surface area (Å²) < 4.78 is 0. The van der Waals surface area contributed by atoms with Gasteiger partial charge in [0.1, 0.15) is 0 Å². The molecule has 0 aliphatic rings. The molecule has 6 heteroatoms. The summed E-state index contributed by atoms with van der Waals surface area (Å²) in [7, 11) is 0. The van der Waals surface area contributed by atoms with Crippen LogP contribution in [-0.2, 0) is 4.79 Å². The molecule has 0 aliphatic carbocycles. The second-order valence-electron chi connectivity index (χ2n) is 5.90. The van der Waals surface area contributed by atoms with Crippen LogP contribution in [0.25, 0.3) is 6.08 Å². The van der Waals surface area contributed by atoms with E-state index < -0.39 is 0 Å². The largest absolute Gasteiger partial charge is 0.356 e. The van der Waals surface area contributed by atoms with Gasteiger partial charge in [0.05, 0.1) is 0 Å². The molecule has 0 atom stereocenters. The number of anilines is 3. The number of rotatable bonds is 5. The molecule has 0 radical (unpaired) electrons. The lowest BCUT2D eigenvalue weighted by Crippen LogP contribution is -2.32. The Bertz CT molecular complexity index is 971. The molecule has 0 saturated heterocycles. The minimum absolute atomic E-state index is 0.231. The molecular formula is C22H18ClN3OS. The van der Waals surface area contributed by atoms with Gasteiger partial charge in [0.25, 0.3) is 0 Å². The Morgan fingerprint density at radius 1 is 0.821 bits per heavy atom. The van der Waals surface area contributed by atoms with Crippen molar-refractivity contribution in [1.82, 2.24) is 5.32 Å². The van der Waals surface area contributed by atoms with E-state index in [0.29, 0.717) is 5.02 Å². The predicted molar refractivity (Wildman–Crippen MR) is 121 cm³/mol. The van der Waals surface area contributed by atoms with Crippen LogP contribution in [0.15, 0.2) is 84.9 Å². The van der Waals surface area contributed by atoms with E-state index in [0.717, 1.165) is 22.6 Å². The van der Waals surface area contributed by atoms with E-state index in [1.54, 1.807) is 18.2 Å². The fourth-order valence-electron chi connectivity index (χ4n) is 2.39. The molecule has 3 rings (SSSR count).